The molecule has 0 bridgehead atoms. The third-order valence-corrected chi connectivity index (χ3v) is 10.5. The summed E-state index contributed by atoms with van der Waals surface area (Å²) in [4.78, 5) is 16.6. The molecule has 1 unspecified atom stereocenters. The molecule has 0 radical (unpaired) electrons. The lowest BCUT2D eigenvalue weighted by atomic mass is 9.76. The number of carbonyl (C=O) groups is 1. The van der Waals surface area contributed by atoms with Gasteiger partial charge in [0, 0.05) is 52.9 Å². The molecule has 4 atom stereocenters. The van der Waals surface area contributed by atoms with Crippen molar-refractivity contribution in [3.8, 4) is 0 Å². The number of amides is 1. The molecule has 1 N–H and O–H groups in total. The summed E-state index contributed by atoms with van der Waals surface area (Å²) < 4.78 is 46.9. The average molecular weight is 576 g/mol. The van der Waals surface area contributed by atoms with Crippen molar-refractivity contribution < 1.29 is 22.3 Å². The molecule has 3 fully saturated rings. The van der Waals surface area contributed by atoms with Crippen molar-refractivity contribution in [2.75, 3.05) is 25.1 Å². The zero-order valence-electron chi connectivity index (χ0n) is 21.4. The lowest BCUT2D eigenvalue weighted by Gasteiger charge is -2.34. The number of azide groups is 1. The maximum atomic E-state index is 15.0. The van der Waals surface area contributed by atoms with Crippen LogP contribution in [0.1, 0.15) is 49.1 Å². The summed E-state index contributed by atoms with van der Waals surface area (Å²) in [6.45, 7) is 1.53. The van der Waals surface area contributed by atoms with Crippen molar-refractivity contribution >= 4 is 33.2 Å². The van der Waals surface area contributed by atoms with E-state index in [0.29, 0.717) is 62.4 Å². The molecule has 2 saturated heterocycles. The van der Waals surface area contributed by atoms with E-state index in [2.05, 4.69) is 15.3 Å². The largest absolute Gasteiger partial charge is 0.381 e. The quantitative estimate of drug-likeness (QED) is 0.166. The number of hydrogen-bond donors (Lipinski definition) is 1. The summed E-state index contributed by atoms with van der Waals surface area (Å²) in [7, 11) is -3.25. The van der Waals surface area contributed by atoms with Gasteiger partial charge < -0.3 is 10.1 Å². The number of sulfonamides is 1. The van der Waals surface area contributed by atoms with Gasteiger partial charge in [0.2, 0.25) is 15.9 Å². The van der Waals surface area contributed by atoms with Gasteiger partial charge in [0.25, 0.3) is 0 Å². The van der Waals surface area contributed by atoms with Crippen molar-refractivity contribution in [3.63, 3.8) is 0 Å². The first-order chi connectivity index (χ1) is 18.8. The summed E-state index contributed by atoms with van der Waals surface area (Å²) in [5.41, 5.74) is 10.8. The first-order valence-electron chi connectivity index (χ1n) is 13.3. The maximum Gasteiger partial charge on any atom is 0.234 e. The zero-order chi connectivity index (χ0) is 27.6. The number of nitrogens with one attached hydrogen (secondary N) is 1. The highest BCUT2D eigenvalue weighted by molar-refractivity contribution is 7.90. The van der Waals surface area contributed by atoms with Crippen LogP contribution >= 0.6 is 11.6 Å². The Hall–Kier alpha value is -2.69. The number of benzene rings is 2. The van der Waals surface area contributed by atoms with Crippen molar-refractivity contribution in [2.45, 2.75) is 61.8 Å². The number of halogens is 2. The smallest absolute Gasteiger partial charge is 0.234 e. The second-order valence-corrected chi connectivity index (χ2v) is 13.0. The van der Waals surface area contributed by atoms with E-state index in [1.54, 1.807) is 18.2 Å². The Labute approximate surface area is 232 Å². The second kappa shape index (κ2) is 11.8. The van der Waals surface area contributed by atoms with Crippen LogP contribution in [-0.2, 0) is 26.0 Å². The highest BCUT2D eigenvalue weighted by Crippen LogP contribution is 2.39. The summed E-state index contributed by atoms with van der Waals surface area (Å²) in [5.74, 6) is -1.41. The third-order valence-electron chi connectivity index (χ3n) is 7.85. The van der Waals surface area contributed by atoms with E-state index in [9.17, 15) is 23.1 Å². The highest BCUT2D eigenvalue weighted by Gasteiger charge is 2.50. The summed E-state index contributed by atoms with van der Waals surface area (Å²) in [6.07, 6.45) is 3.51. The summed E-state index contributed by atoms with van der Waals surface area (Å²) >= 11 is 6.10. The Bertz CT molecular complexity index is 1360. The van der Waals surface area contributed by atoms with E-state index in [1.807, 2.05) is 12.1 Å². The molecule has 1 amide bonds. The molecule has 0 spiro atoms. The van der Waals surface area contributed by atoms with E-state index >= 15 is 0 Å². The summed E-state index contributed by atoms with van der Waals surface area (Å²) in [6, 6.07) is 10.3. The molecule has 2 aromatic rings. The van der Waals surface area contributed by atoms with Crippen molar-refractivity contribution in [3.05, 3.63) is 74.9 Å². The van der Waals surface area contributed by atoms with Gasteiger partial charge in [0.1, 0.15) is 11.9 Å². The van der Waals surface area contributed by atoms with Crippen LogP contribution in [0, 0.1) is 11.7 Å². The molecule has 1 aliphatic carbocycles. The van der Waals surface area contributed by atoms with E-state index in [0.717, 1.165) is 5.56 Å². The number of anilines is 1. The molecule has 1 saturated carbocycles. The Kier molecular flexibility index (Phi) is 8.44. The van der Waals surface area contributed by atoms with Gasteiger partial charge >= 0.3 is 0 Å². The van der Waals surface area contributed by atoms with Gasteiger partial charge in [-0.1, -0.05) is 34.9 Å². The van der Waals surface area contributed by atoms with Gasteiger partial charge in [0.05, 0.1) is 5.25 Å². The molecule has 2 heterocycles. The lowest BCUT2D eigenvalue weighted by molar-refractivity contribution is -0.118. The first kappa shape index (κ1) is 27.9. The normalized spacial score (nSPS) is 22.9. The number of nitrogens with zero attached hydrogens (tertiary/aromatic N) is 4. The monoisotopic (exact) mass is 575 g/mol. The van der Waals surface area contributed by atoms with Crippen LogP contribution in [0.3, 0.4) is 0 Å². The third kappa shape index (κ3) is 6.39. The minimum Gasteiger partial charge on any atom is -0.381 e. The first-order valence-corrected chi connectivity index (χ1v) is 15.1. The predicted octanol–water partition coefficient (Wildman–Crippen LogP) is 5.42. The average Bonchev–Trinajstić information content (AvgIpc) is 3.84. The molecule has 3 aliphatic rings. The fourth-order valence-electron chi connectivity index (χ4n) is 5.53. The van der Waals surface area contributed by atoms with Crippen LogP contribution in [0.25, 0.3) is 10.4 Å². The Morgan fingerprint density at radius 1 is 1.18 bits per heavy atom. The fraction of sp³-hybridized carbons (Fsp3) is 0.519. The van der Waals surface area contributed by atoms with Gasteiger partial charge in [-0.05, 0) is 79.8 Å². The van der Waals surface area contributed by atoms with E-state index < -0.39 is 33.7 Å². The molecule has 5 rings (SSSR count). The zero-order valence-corrected chi connectivity index (χ0v) is 23.0. The van der Waals surface area contributed by atoms with Crippen molar-refractivity contribution in [1.82, 2.24) is 4.31 Å². The summed E-state index contributed by atoms with van der Waals surface area (Å²) in [5, 5.41) is 7.02. The van der Waals surface area contributed by atoms with Gasteiger partial charge in [-0.2, -0.15) is 4.31 Å². The number of hydrogen-bond acceptors (Lipinski definition) is 5. The van der Waals surface area contributed by atoms with Crippen LogP contribution in [0.4, 0.5) is 10.1 Å². The fourth-order valence-corrected chi connectivity index (χ4v) is 7.67. The molecular formula is C27H31ClFN5O4S. The number of carbonyl (C=O) groups excluding carboxylic acids is 1. The van der Waals surface area contributed by atoms with Crippen LogP contribution < -0.4 is 5.32 Å². The van der Waals surface area contributed by atoms with Crippen molar-refractivity contribution in [1.29, 1.82) is 0 Å². The van der Waals surface area contributed by atoms with E-state index in [1.165, 1.54) is 16.4 Å². The van der Waals surface area contributed by atoms with Crippen LogP contribution in [-0.4, -0.2) is 55.7 Å². The van der Waals surface area contributed by atoms with Crippen molar-refractivity contribution in [2.24, 2.45) is 11.0 Å². The molecule has 0 aromatic heterocycles. The van der Waals surface area contributed by atoms with Gasteiger partial charge in [-0.15, -0.1) is 0 Å². The maximum absolute atomic E-state index is 15.0. The molecule has 12 heteroatoms. The minimum atomic E-state index is -3.25. The molecule has 208 valence electrons. The molecule has 39 heavy (non-hydrogen) atoms. The standard InChI is InChI=1S/C27H31ClFN5O4S/c28-19-6-4-17(5-7-19)25(18-12-14-38-15-13-18)26(32-33-30)27(35)31-24-3-1-2-23(29)22(24)11-8-20-16-34(20)39(36,37)21-9-10-21/h1-7,18,20-21,25-26H,8-16H2,(H,31,35)/t20-,25-,26-,34?/m0/s1. The van der Waals surface area contributed by atoms with Crippen LogP contribution in [0.2, 0.25) is 5.02 Å². The Morgan fingerprint density at radius 2 is 1.90 bits per heavy atom. The minimum absolute atomic E-state index is 0.0300. The van der Waals surface area contributed by atoms with E-state index in [-0.39, 0.29) is 29.3 Å². The Balaban J connectivity index is 1.35. The topological polar surface area (TPSA) is 124 Å². The Morgan fingerprint density at radius 3 is 2.56 bits per heavy atom. The number of ether oxygens (including phenoxy) is 1. The number of rotatable bonds is 11. The van der Waals surface area contributed by atoms with Crippen LogP contribution in [0.15, 0.2) is 47.6 Å². The van der Waals surface area contributed by atoms with Gasteiger partial charge in [-0.25, -0.2) is 12.8 Å². The second-order valence-electron chi connectivity index (χ2n) is 10.4. The SMILES string of the molecule is [N-]=[N+]=N[C@H](C(=O)Nc1cccc(F)c1CC[C@H]1CN1S(=O)(=O)C1CC1)[C@@H](c1ccc(Cl)cc1)C1CCOCC1. The van der Waals surface area contributed by atoms with Gasteiger partial charge in [0.15, 0.2) is 0 Å². The molecular weight excluding hydrogens is 545 g/mol. The molecule has 2 aliphatic heterocycles. The predicted molar refractivity (Wildman–Crippen MR) is 146 cm³/mol. The molecule has 2 aromatic carbocycles. The van der Waals surface area contributed by atoms with Gasteiger partial charge in [-0.3, -0.25) is 4.79 Å². The van der Waals surface area contributed by atoms with Crippen LogP contribution in [0.5, 0.6) is 0 Å². The molecule has 9 nitrogen and oxygen atoms in total. The lowest BCUT2D eigenvalue weighted by Crippen LogP contribution is -2.37. The highest BCUT2D eigenvalue weighted by atomic mass is 35.5. The van der Waals surface area contributed by atoms with E-state index in [4.69, 9.17) is 16.3 Å².